The Labute approximate surface area is 103 Å². The van der Waals surface area contributed by atoms with Crippen molar-refractivity contribution in [3.8, 4) is 0 Å². The number of thiophene rings is 2. The van der Waals surface area contributed by atoms with Crippen LogP contribution in [0.25, 0.3) is 10.1 Å². The lowest BCUT2D eigenvalue weighted by molar-refractivity contribution is 1.27. The summed E-state index contributed by atoms with van der Waals surface area (Å²) in [6.07, 6.45) is 1.06. The zero-order valence-corrected chi connectivity index (χ0v) is 10.7. The fourth-order valence-corrected chi connectivity index (χ4v) is 3.78. The Morgan fingerprint density at radius 1 is 1.06 bits per heavy atom. The molecule has 1 aromatic carbocycles. The van der Waals surface area contributed by atoms with Crippen molar-refractivity contribution in [2.75, 3.05) is 0 Å². The van der Waals surface area contributed by atoms with Crippen LogP contribution in [0.3, 0.4) is 0 Å². The van der Waals surface area contributed by atoms with E-state index in [1.807, 2.05) is 22.7 Å². The maximum Gasteiger partial charge on any atom is 0.0381 e. The standard InChI is InChI=1S/C14H12S2/c1-10-9-16-14-11(4-2-6-13(10)14)8-12-5-3-7-15-12/h2-7,9H,8H2,1H3. The Morgan fingerprint density at radius 2 is 2.00 bits per heavy atom. The van der Waals surface area contributed by atoms with Crippen molar-refractivity contribution in [1.82, 2.24) is 0 Å². The van der Waals surface area contributed by atoms with Gasteiger partial charge in [-0.15, -0.1) is 22.7 Å². The first-order chi connectivity index (χ1) is 7.84. The van der Waals surface area contributed by atoms with Crippen LogP contribution < -0.4 is 0 Å². The Kier molecular flexibility index (Phi) is 2.54. The van der Waals surface area contributed by atoms with Crippen LogP contribution in [0.15, 0.2) is 41.1 Å². The average molecular weight is 244 g/mol. The lowest BCUT2D eigenvalue weighted by Crippen LogP contribution is -1.84. The minimum absolute atomic E-state index is 1.06. The molecule has 80 valence electrons. The van der Waals surface area contributed by atoms with Crippen LogP contribution >= 0.6 is 22.7 Å². The van der Waals surface area contributed by atoms with Gasteiger partial charge in [0, 0.05) is 16.0 Å². The van der Waals surface area contributed by atoms with Crippen LogP contribution in [0.4, 0.5) is 0 Å². The second-order valence-corrected chi connectivity index (χ2v) is 5.88. The van der Waals surface area contributed by atoms with E-state index in [1.54, 1.807) is 0 Å². The molecule has 0 aliphatic heterocycles. The second kappa shape index (κ2) is 4.04. The van der Waals surface area contributed by atoms with Gasteiger partial charge >= 0.3 is 0 Å². The van der Waals surface area contributed by atoms with E-state index in [0.717, 1.165) is 6.42 Å². The monoisotopic (exact) mass is 244 g/mol. The van der Waals surface area contributed by atoms with Crippen molar-refractivity contribution in [2.45, 2.75) is 13.3 Å². The Bertz CT molecular complexity index is 603. The topological polar surface area (TPSA) is 0 Å². The quantitative estimate of drug-likeness (QED) is 0.604. The summed E-state index contributed by atoms with van der Waals surface area (Å²) in [7, 11) is 0. The molecule has 0 atom stereocenters. The molecule has 0 bridgehead atoms. The first-order valence-electron chi connectivity index (χ1n) is 5.32. The summed E-state index contributed by atoms with van der Waals surface area (Å²) in [5.41, 5.74) is 2.85. The van der Waals surface area contributed by atoms with Crippen molar-refractivity contribution >= 4 is 32.8 Å². The molecule has 0 amide bonds. The first-order valence-corrected chi connectivity index (χ1v) is 7.08. The third kappa shape index (κ3) is 1.68. The van der Waals surface area contributed by atoms with Gasteiger partial charge in [0.25, 0.3) is 0 Å². The summed E-state index contributed by atoms with van der Waals surface area (Å²) >= 11 is 3.70. The second-order valence-electron chi connectivity index (χ2n) is 3.97. The highest BCUT2D eigenvalue weighted by Gasteiger charge is 2.06. The van der Waals surface area contributed by atoms with E-state index >= 15 is 0 Å². The van der Waals surface area contributed by atoms with Crippen molar-refractivity contribution < 1.29 is 0 Å². The molecule has 16 heavy (non-hydrogen) atoms. The molecule has 3 rings (SSSR count). The zero-order valence-electron chi connectivity index (χ0n) is 9.07. The number of aryl methyl sites for hydroxylation is 1. The highest BCUT2D eigenvalue weighted by Crippen LogP contribution is 2.30. The minimum Gasteiger partial charge on any atom is -0.149 e. The SMILES string of the molecule is Cc1csc2c(Cc3cccs3)cccc12. The van der Waals surface area contributed by atoms with Crippen molar-refractivity contribution in [2.24, 2.45) is 0 Å². The molecule has 0 aliphatic rings. The summed E-state index contributed by atoms with van der Waals surface area (Å²) in [5, 5.41) is 5.82. The van der Waals surface area contributed by atoms with Gasteiger partial charge < -0.3 is 0 Å². The van der Waals surface area contributed by atoms with Crippen LogP contribution in [-0.2, 0) is 6.42 Å². The molecular weight excluding hydrogens is 232 g/mol. The molecule has 2 heteroatoms. The Balaban J connectivity index is 2.10. The normalized spacial score (nSPS) is 11.1. The van der Waals surface area contributed by atoms with Crippen molar-refractivity contribution in [1.29, 1.82) is 0 Å². The molecule has 0 fully saturated rings. The summed E-state index contributed by atoms with van der Waals surface area (Å²) in [5.74, 6) is 0. The highest BCUT2D eigenvalue weighted by atomic mass is 32.1. The maximum absolute atomic E-state index is 2.25. The molecule has 0 spiro atoms. The molecule has 0 radical (unpaired) electrons. The third-order valence-electron chi connectivity index (χ3n) is 2.82. The smallest absolute Gasteiger partial charge is 0.0381 e. The molecular formula is C14H12S2. The molecule has 0 aliphatic carbocycles. The highest BCUT2D eigenvalue weighted by molar-refractivity contribution is 7.17. The van der Waals surface area contributed by atoms with E-state index in [1.165, 1.54) is 26.1 Å². The predicted octanol–water partition coefficient (Wildman–Crippen LogP) is 4.86. The van der Waals surface area contributed by atoms with Crippen LogP contribution in [0.1, 0.15) is 16.0 Å². The summed E-state index contributed by atoms with van der Waals surface area (Å²) < 4.78 is 1.45. The van der Waals surface area contributed by atoms with Gasteiger partial charge in [-0.25, -0.2) is 0 Å². The van der Waals surface area contributed by atoms with Gasteiger partial charge in [0.2, 0.25) is 0 Å². The fourth-order valence-electron chi connectivity index (χ4n) is 1.99. The fraction of sp³-hybridized carbons (Fsp3) is 0.143. The van der Waals surface area contributed by atoms with Gasteiger partial charge in [0.05, 0.1) is 0 Å². The molecule has 0 saturated heterocycles. The minimum atomic E-state index is 1.06. The molecule has 2 aromatic heterocycles. The molecule has 3 aromatic rings. The summed E-state index contributed by atoms with van der Waals surface area (Å²) in [6.45, 7) is 2.19. The molecule has 0 saturated carbocycles. The average Bonchev–Trinajstić information content (AvgIpc) is 2.90. The van der Waals surface area contributed by atoms with E-state index < -0.39 is 0 Å². The number of hydrogen-bond donors (Lipinski definition) is 0. The molecule has 2 heterocycles. The molecule has 0 nitrogen and oxygen atoms in total. The van der Waals surface area contributed by atoms with Gasteiger partial charge in [0.15, 0.2) is 0 Å². The van der Waals surface area contributed by atoms with Crippen LogP contribution in [0, 0.1) is 6.92 Å². The number of hydrogen-bond acceptors (Lipinski definition) is 2. The van der Waals surface area contributed by atoms with E-state index in [0.29, 0.717) is 0 Å². The van der Waals surface area contributed by atoms with E-state index in [-0.39, 0.29) is 0 Å². The van der Waals surface area contributed by atoms with Crippen molar-refractivity contribution in [3.63, 3.8) is 0 Å². The molecule has 0 N–H and O–H groups in total. The van der Waals surface area contributed by atoms with Gasteiger partial charge in [-0.1, -0.05) is 24.3 Å². The lowest BCUT2D eigenvalue weighted by Gasteiger charge is -2.01. The van der Waals surface area contributed by atoms with Gasteiger partial charge in [0.1, 0.15) is 0 Å². The summed E-state index contributed by atoms with van der Waals surface area (Å²) in [4.78, 5) is 1.44. The van der Waals surface area contributed by atoms with E-state index in [9.17, 15) is 0 Å². The van der Waals surface area contributed by atoms with E-state index in [2.05, 4.69) is 48.0 Å². The Hall–Kier alpha value is -1.12. The zero-order chi connectivity index (χ0) is 11.0. The van der Waals surface area contributed by atoms with Crippen LogP contribution in [0.5, 0.6) is 0 Å². The Morgan fingerprint density at radius 3 is 2.81 bits per heavy atom. The molecule has 0 unspecified atom stereocenters. The van der Waals surface area contributed by atoms with Crippen LogP contribution in [0.2, 0.25) is 0 Å². The van der Waals surface area contributed by atoms with Gasteiger partial charge in [-0.3, -0.25) is 0 Å². The van der Waals surface area contributed by atoms with Crippen molar-refractivity contribution in [3.05, 3.63) is 57.1 Å². The summed E-state index contributed by atoms with van der Waals surface area (Å²) in [6, 6.07) is 11.0. The first kappa shape index (κ1) is 10.1. The van der Waals surface area contributed by atoms with Gasteiger partial charge in [-0.2, -0.15) is 0 Å². The third-order valence-corrected chi connectivity index (χ3v) is 4.89. The van der Waals surface area contributed by atoms with E-state index in [4.69, 9.17) is 0 Å². The largest absolute Gasteiger partial charge is 0.149 e. The van der Waals surface area contributed by atoms with Crippen LogP contribution in [-0.4, -0.2) is 0 Å². The number of rotatable bonds is 2. The lowest BCUT2D eigenvalue weighted by atomic mass is 10.1. The maximum atomic E-state index is 2.25. The predicted molar refractivity (Wildman–Crippen MR) is 73.7 cm³/mol. The number of fused-ring (bicyclic) bond motifs is 1. The number of benzene rings is 1. The van der Waals surface area contributed by atoms with Gasteiger partial charge in [-0.05, 0) is 40.3 Å².